The lowest BCUT2D eigenvalue weighted by Crippen LogP contribution is -2.28. The van der Waals surface area contributed by atoms with E-state index in [1.54, 1.807) is 0 Å². The van der Waals surface area contributed by atoms with Gasteiger partial charge in [-0.3, -0.25) is 0 Å². The van der Waals surface area contributed by atoms with Crippen molar-refractivity contribution in [3.05, 3.63) is 59.8 Å². The Morgan fingerprint density at radius 1 is 1.04 bits per heavy atom. The molecule has 1 aliphatic heterocycles. The number of hydrogen-bond donors (Lipinski definition) is 0. The van der Waals surface area contributed by atoms with Crippen molar-refractivity contribution in [1.29, 1.82) is 0 Å². The Labute approximate surface area is 155 Å². The van der Waals surface area contributed by atoms with Crippen LogP contribution in [0.4, 0.5) is 5.82 Å². The van der Waals surface area contributed by atoms with Crippen LogP contribution in [0.1, 0.15) is 23.1 Å². The normalized spacial score (nSPS) is 14.3. The maximum atomic E-state index is 5.53. The van der Waals surface area contributed by atoms with Crippen LogP contribution in [0.5, 0.6) is 0 Å². The lowest BCUT2D eigenvalue weighted by molar-refractivity contribution is 0.551. The van der Waals surface area contributed by atoms with Gasteiger partial charge in [-0.2, -0.15) is 10.1 Å². The molecule has 27 heavy (non-hydrogen) atoms. The largest absolute Gasteiger partial charge is 0.422 e. The molecule has 0 N–H and O–H groups in total. The summed E-state index contributed by atoms with van der Waals surface area (Å²) >= 11 is 0. The highest BCUT2D eigenvalue weighted by molar-refractivity contribution is 5.81. The van der Waals surface area contributed by atoms with E-state index in [1.165, 1.54) is 11.9 Å². The SMILES string of the molecule is Cc1nc2c(N3CCc4nc(Cc5ccccc5)nn4CC3)ncnc2o1. The Hall–Kier alpha value is -3.29. The van der Waals surface area contributed by atoms with Crippen LogP contribution in [0, 0.1) is 6.92 Å². The Morgan fingerprint density at radius 2 is 1.93 bits per heavy atom. The molecule has 0 fully saturated rings. The lowest BCUT2D eigenvalue weighted by Gasteiger charge is -2.20. The molecule has 0 spiro atoms. The van der Waals surface area contributed by atoms with Gasteiger partial charge in [-0.05, 0) is 5.56 Å². The molecule has 136 valence electrons. The second-order valence-electron chi connectivity index (χ2n) is 6.65. The third kappa shape index (κ3) is 3.03. The van der Waals surface area contributed by atoms with Crippen LogP contribution < -0.4 is 4.90 Å². The molecule has 1 aliphatic rings. The number of anilines is 1. The van der Waals surface area contributed by atoms with Crippen molar-refractivity contribution in [2.75, 3.05) is 18.0 Å². The Kier molecular flexibility index (Phi) is 3.81. The summed E-state index contributed by atoms with van der Waals surface area (Å²) in [5.74, 6) is 3.31. The van der Waals surface area contributed by atoms with Gasteiger partial charge in [0.2, 0.25) is 0 Å². The zero-order valence-corrected chi connectivity index (χ0v) is 15.0. The second-order valence-corrected chi connectivity index (χ2v) is 6.65. The number of aryl methyl sites for hydroxylation is 1. The van der Waals surface area contributed by atoms with Crippen molar-refractivity contribution in [2.24, 2.45) is 0 Å². The summed E-state index contributed by atoms with van der Waals surface area (Å²) in [7, 11) is 0. The third-order valence-electron chi connectivity index (χ3n) is 4.77. The van der Waals surface area contributed by atoms with Crippen molar-refractivity contribution < 1.29 is 4.42 Å². The molecule has 8 heteroatoms. The van der Waals surface area contributed by atoms with Gasteiger partial charge < -0.3 is 9.32 Å². The van der Waals surface area contributed by atoms with E-state index in [2.05, 4.69) is 32.0 Å². The van der Waals surface area contributed by atoms with Crippen LogP contribution in [-0.4, -0.2) is 42.8 Å². The number of benzene rings is 1. The average Bonchev–Trinajstić information content (AvgIpc) is 3.19. The van der Waals surface area contributed by atoms with E-state index < -0.39 is 0 Å². The predicted molar refractivity (Wildman–Crippen MR) is 99.5 cm³/mol. The molecule has 0 radical (unpaired) electrons. The van der Waals surface area contributed by atoms with Gasteiger partial charge in [-0.1, -0.05) is 30.3 Å². The minimum absolute atomic E-state index is 0.530. The summed E-state index contributed by atoms with van der Waals surface area (Å²) in [5, 5.41) is 4.71. The highest BCUT2D eigenvalue weighted by Crippen LogP contribution is 2.24. The fourth-order valence-electron chi connectivity index (χ4n) is 3.50. The third-order valence-corrected chi connectivity index (χ3v) is 4.77. The Morgan fingerprint density at radius 3 is 2.81 bits per heavy atom. The van der Waals surface area contributed by atoms with Gasteiger partial charge in [-0.25, -0.2) is 19.6 Å². The topological polar surface area (TPSA) is 85.8 Å². The van der Waals surface area contributed by atoms with Gasteiger partial charge >= 0.3 is 0 Å². The molecule has 0 saturated carbocycles. The van der Waals surface area contributed by atoms with Gasteiger partial charge in [-0.15, -0.1) is 0 Å². The van der Waals surface area contributed by atoms with Crippen LogP contribution in [0.15, 0.2) is 41.1 Å². The van der Waals surface area contributed by atoms with E-state index in [0.717, 1.165) is 49.9 Å². The Bertz CT molecular complexity index is 1060. The highest BCUT2D eigenvalue weighted by Gasteiger charge is 2.21. The van der Waals surface area contributed by atoms with Crippen LogP contribution in [0.3, 0.4) is 0 Å². The van der Waals surface area contributed by atoms with Crippen LogP contribution in [-0.2, 0) is 19.4 Å². The molecule has 0 saturated heterocycles. The summed E-state index contributed by atoms with van der Waals surface area (Å²) in [6.07, 6.45) is 3.10. The first-order valence-corrected chi connectivity index (χ1v) is 9.06. The fraction of sp³-hybridized carbons (Fsp3) is 0.316. The van der Waals surface area contributed by atoms with Crippen molar-refractivity contribution in [1.82, 2.24) is 29.7 Å². The molecule has 5 rings (SSSR count). The summed E-state index contributed by atoms with van der Waals surface area (Å²) in [6, 6.07) is 10.3. The van der Waals surface area contributed by atoms with Crippen LogP contribution in [0.25, 0.3) is 11.2 Å². The van der Waals surface area contributed by atoms with E-state index in [1.807, 2.05) is 29.8 Å². The average molecular weight is 361 g/mol. The van der Waals surface area contributed by atoms with Gasteiger partial charge in [0.05, 0.1) is 6.54 Å². The molecule has 4 aromatic rings. The standard InChI is InChI=1S/C19H19N7O/c1-13-22-17-18(20-12-21-19(17)27-13)25-8-7-16-23-15(24-26(16)10-9-25)11-14-5-3-2-4-6-14/h2-6,12H,7-11H2,1H3. The summed E-state index contributed by atoms with van der Waals surface area (Å²) in [4.78, 5) is 20.0. The monoisotopic (exact) mass is 361 g/mol. The molecule has 1 aromatic carbocycles. The Balaban J connectivity index is 1.36. The first kappa shape index (κ1) is 15.9. The minimum atomic E-state index is 0.530. The zero-order chi connectivity index (χ0) is 18.2. The van der Waals surface area contributed by atoms with Gasteiger partial charge in [0.15, 0.2) is 23.0 Å². The highest BCUT2D eigenvalue weighted by atomic mass is 16.4. The van der Waals surface area contributed by atoms with Crippen molar-refractivity contribution >= 4 is 17.0 Å². The lowest BCUT2D eigenvalue weighted by atomic mass is 10.1. The summed E-state index contributed by atoms with van der Waals surface area (Å²) < 4.78 is 7.55. The molecular formula is C19H19N7O. The molecule has 0 amide bonds. The molecule has 0 bridgehead atoms. The smallest absolute Gasteiger partial charge is 0.252 e. The molecular weight excluding hydrogens is 342 g/mol. The second kappa shape index (κ2) is 6.46. The molecule has 8 nitrogen and oxygen atoms in total. The zero-order valence-electron chi connectivity index (χ0n) is 15.0. The number of hydrogen-bond acceptors (Lipinski definition) is 7. The first-order valence-electron chi connectivity index (χ1n) is 9.06. The van der Waals surface area contributed by atoms with Crippen molar-refractivity contribution in [3.63, 3.8) is 0 Å². The number of rotatable bonds is 3. The van der Waals surface area contributed by atoms with Gasteiger partial charge in [0.25, 0.3) is 5.71 Å². The maximum absolute atomic E-state index is 5.53. The van der Waals surface area contributed by atoms with E-state index >= 15 is 0 Å². The van der Waals surface area contributed by atoms with Crippen molar-refractivity contribution in [2.45, 2.75) is 26.3 Å². The molecule has 0 atom stereocenters. The number of nitrogens with zero attached hydrogens (tertiary/aromatic N) is 7. The van der Waals surface area contributed by atoms with Crippen molar-refractivity contribution in [3.8, 4) is 0 Å². The molecule has 0 aliphatic carbocycles. The van der Waals surface area contributed by atoms with E-state index in [-0.39, 0.29) is 0 Å². The number of oxazole rings is 1. The first-order chi connectivity index (χ1) is 13.3. The van der Waals surface area contributed by atoms with Crippen LogP contribution >= 0.6 is 0 Å². The van der Waals surface area contributed by atoms with E-state index in [9.17, 15) is 0 Å². The molecule has 3 aromatic heterocycles. The van der Waals surface area contributed by atoms with E-state index in [4.69, 9.17) is 14.5 Å². The molecule has 4 heterocycles. The summed E-state index contributed by atoms with van der Waals surface area (Å²) in [5.41, 5.74) is 2.47. The minimum Gasteiger partial charge on any atom is -0.422 e. The molecule has 0 unspecified atom stereocenters. The fourth-order valence-corrected chi connectivity index (χ4v) is 3.50. The maximum Gasteiger partial charge on any atom is 0.252 e. The quantitative estimate of drug-likeness (QED) is 0.553. The predicted octanol–water partition coefficient (Wildman–Crippen LogP) is 2.17. The number of aromatic nitrogens is 6. The van der Waals surface area contributed by atoms with E-state index in [0.29, 0.717) is 17.1 Å². The van der Waals surface area contributed by atoms with Gasteiger partial charge in [0.1, 0.15) is 12.2 Å². The summed E-state index contributed by atoms with van der Waals surface area (Å²) in [6.45, 7) is 4.18. The number of fused-ring (bicyclic) bond motifs is 2. The van der Waals surface area contributed by atoms with Crippen LogP contribution in [0.2, 0.25) is 0 Å². The van der Waals surface area contributed by atoms with Gasteiger partial charge in [0, 0.05) is 32.9 Å².